The molecule has 4 aromatic rings. The highest BCUT2D eigenvalue weighted by atomic mass is 32.1. The van der Waals surface area contributed by atoms with Crippen LogP contribution in [0.4, 0.5) is 4.39 Å². The molecule has 0 aliphatic carbocycles. The van der Waals surface area contributed by atoms with Gasteiger partial charge in [0, 0.05) is 18.2 Å². The molecule has 1 N–H and O–H groups in total. The molecule has 0 aliphatic rings. The van der Waals surface area contributed by atoms with E-state index in [2.05, 4.69) is 15.4 Å². The topological polar surface area (TPSA) is 76.9 Å². The van der Waals surface area contributed by atoms with Crippen LogP contribution in [0.15, 0.2) is 58.7 Å². The number of benzene rings is 1. The van der Waals surface area contributed by atoms with Crippen LogP contribution in [0.5, 0.6) is 0 Å². The fourth-order valence-electron chi connectivity index (χ4n) is 2.85. The number of rotatable bonds is 6. The van der Waals surface area contributed by atoms with Crippen molar-refractivity contribution < 1.29 is 9.18 Å². The minimum absolute atomic E-state index is 0.217. The number of hydrogen-bond donors (Lipinski definition) is 1. The first-order valence-corrected chi connectivity index (χ1v) is 10.8. The van der Waals surface area contributed by atoms with Crippen LogP contribution in [0.2, 0.25) is 0 Å². The van der Waals surface area contributed by atoms with Gasteiger partial charge in [-0.1, -0.05) is 6.07 Å². The van der Waals surface area contributed by atoms with Crippen LogP contribution in [-0.2, 0) is 6.54 Å². The first kappa shape index (κ1) is 20.1. The summed E-state index contributed by atoms with van der Waals surface area (Å²) < 4.78 is 14.3. The Hall–Kier alpha value is -3.17. The number of amides is 1. The Balaban J connectivity index is 1.48. The molecule has 0 saturated carbocycles. The van der Waals surface area contributed by atoms with Crippen molar-refractivity contribution in [2.45, 2.75) is 13.5 Å². The molecule has 1 aromatic carbocycles. The van der Waals surface area contributed by atoms with E-state index < -0.39 is 5.82 Å². The van der Waals surface area contributed by atoms with Crippen LogP contribution in [0.25, 0.3) is 20.5 Å². The standard InChI is InChI=1S/C21H17FN4O2S2/c1-13-19(30-21(24-13)17-3-2-12-29-17)16-8-9-18(27)26(25-16)11-10-23-20(28)14-4-6-15(22)7-5-14/h2-9,12H,10-11H2,1H3,(H,23,28). The molecule has 0 spiro atoms. The first-order valence-electron chi connectivity index (χ1n) is 9.15. The molecular weight excluding hydrogens is 423 g/mol. The second-order valence-electron chi connectivity index (χ2n) is 6.45. The molecule has 0 unspecified atom stereocenters. The lowest BCUT2D eigenvalue weighted by atomic mass is 10.2. The van der Waals surface area contributed by atoms with E-state index in [-0.39, 0.29) is 24.6 Å². The van der Waals surface area contributed by atoms with Gasteiger partial charge in [-0.15, -0.1) is 22.7 Å². The lowest BCUT2D eigenvalue weighted by molar-refractivity contribution is 0.0951. The second-order valence-corrected chi connectivity index (χ2v) is 8.40. The maximum absolute atomic E-state index is 13.0. The number of nitrogens with one attached hydrogen (secondary N) is 1. The number of aromatic nitrogens is 3. The third-order valence-electron chi connectivity index (χ3n) is 4.34. The van der Waals surface area contributed by atoms with E-state index in [4.69, 9.17) is 0 Å². The van der Waals surface area contributed by atoms with Gasteiger partial charge in [-0.25, -0.2) is 14.1 Å². The zero-order valence-electron chi connectivity index (χ0n) is 16.0. The molecule has 0 radical (unpaired) electrons. The van der Waals surface area contributed by atoms with E-state index in [9.17, 15) is 14.0 Å². The lowest BCUT2D eigenvalue weighted by Gasteiger charge is -2.08. The van der Waals surface area contributed by atoms with Gasteiger partial charge in [-0.2, -0.15) is 5.10 Å². The Morgan fingerprint density at radius 2 is 1.97 bits per heavy atom. The van der Waals surface area contributed by atoms with Crippen molar-refractivity contribution in [3.63, 3.8) is 0 Å². The predicted molar refractivity (Wildman–Crippen MR) is 116 cm³/mol. The summed E-state index contributed by atoms with van der Waals surface area (Å²) in [7, 11) is 0. The summed E-state index contributed by atoms with van der Waals surface area (Å²) in [6.07, 6.45) is 0. The van der Waals surface area contributed by atoms with Gasteiger partial charge in [0.05, 0.1) is 22.0 Å². The molecule has 0 bridgehead atoms. The molecule has 0 aliphatic heterocycles. The number of halogens is 1. The van der Waals surface area contributed by atoms with Gasteiger partial charge in [0.25, 0.3) is 11.5 Å². The summed E-state index contributed by atoms with van der Waals surface area (Å²) >= 11 is 3.16. The van der Waals surface area contributed by atoms with Crippen molar-refractivity contribution in [3.8, 4) is 20.5 Å². The van der Waals surface area contributed by atoms with Crippen LogP contribution < -0.4 is 10.9 Å². The number of aryl methyl sites for hydroxylation is 1. The summed E-state index contributed by atoms with van der Waals surface area (Å²) in [5.74, 6) is -0.738. The minimum Gasteiger partial charge on any atom is -0.350 e. The van der Waals surface area contributed by atoms with Crippen molar-refractivity contribution in [1.82, 2.24) is 20.1 Å². The molecule has 4 rings (SSSR count). The fourth-order valence-corrected chi connectivity index (χ4v) is 4.68. The van der Waals surface area contributed by atoms with Gasteiger partial charge < -0.3 is 5.32 Å². The van der Waals surface area contributed by atoms with E-state index >= 15 is 0 Å². The summed E-state index contributed by atoms with van der Waals surface area (Å²) in [6.45, 7) is 2.35. The molecule has 152 valence electrons. The van der Waals surface area contributed by atoms with E-state index in [1.54, 1.807) is 17.4 Å². The highest BCUT2D eigenvalue weighted by molar-refractivity contribution is 7.23. The Morgan fingerprint density at radius 3 is 2.70 bits per heavy atom. The molecule has 0 fully saturated rings. The number of carbonyl (C=O) groups excluding carboxylic acids is 1. The third kappa shape index (κ3) is 4.37. The van der Waals surface area contributed by atoms with E-state index in [0.29, 0.717) is 11.3 Å². The van der Waals surface area contributed by atoms with Crippen LogP contribution in [-0.4, -0.2) is 27.2 Å². The molecule has 3 aromatic heterocycles. The largest absolute Gasteiger partial charge is 0.350 e. The zero-order chi connectivity index (χ0) is 21.1. The molecule has 9 heteroatoms. The van der Waals surface area contributed by atoms with Crippen LogP contribution >= 0.6 is 22.7 Å². The van der Waals surface area contributed by atoms with Crippen LogP contribution in [0.3, 0.4) is 0 Å². The third-order valence-corrected chi connectivity index (χ3v) is 6.56. The Morgan fingerprint density at radius 1 is 1.17 bits per heavy atom. The Labute approximate surface area is 179 Å². The van der Waals surface area contributed by atoms with Crippen molar-refractivity contribution in [1.29, 1.82) is 0 Å². The van der Waals surface area contributed by atoms with E-state index in [1.165, 1.54) is 46.4 Å². The number of thiophene rings is 1. The van der Waals surface area contributed by atoms with Gasteiger partial charge in [-0.05, 0) is 48.7 Å². The summed E-state index contributed by atoms with van der Waals surface area (Å²) in [6, 6.07) is 12.4. The smallest absolute Gasteiger partial charge is 0.266 e. The first-order chi connectivity index (χ1) is 14.5. The SMILES string of the molecule is Cc1nc(-c2cccs2)sc1-c1ccc(=O)n(CCNC(=O)c2ccc(F)cc2)n1. The van der Waals surface area contributed by atoms with Crippen molar-refractivity contribution in [2.24, 2.45) is 0 Å². The van der Waals surface area contributed by atoms with Crippen LogP contribution in [0, 0.1) is 12.7 Å². The summed E-state index contributed by atoms with van der Waals surface area (Å²) in [5.41, 5.74) is 1.62. The molecule has 0 saturated heterocycles. The normalized spacial score (nSPS) is 10.9. The molecule has 3 heterocycles. The maximum atomic E-state index is 13.0. The molecular formula is C21H17FN4O2S2. The van der Waals surface area contributed by atoms with Gasteiger partial charge in [0.15, 0.2) is 0 Å². The van der Waals surface area contributed by atoms with Crippen LogP contribution in [0.1, 0.15) is 16.1 Å². The molecule has 30 heavy (non-hydrogen) atoms. The number of hydrogen-bond acceptors (Lipinski definition) is 6. The van der Waals surface area contributed by atoms with Crippen molar-refractivity contribution >= 4 is 28.6 Å². The van der Waals surface area contributed by atoms with E-state index in [0.717, 1.165) is 20.5 Å². The molecule has 1 amide bonds. The van der Waals surface area contributed by atoms with Gasteiger partial charge in [-0.3, -0.25) is 9.59 Å². The Kier molecular flexibility index (Phi) is 5.82. The second kappa shape index (κ2) is 8.68. The molecule has 6 nitrogen and oxygen atoms in total. The number of carbonyl (C=O) groups is 1. The minimum atomic E-state index is -0.403. The van der Waals surface area contributed by atoms with Gasteiger partial charge in [0.2, 0.25) is 0 Å². The summed E-state index contributed by atoms with van der Waals surface area (Å²) in [5, 5.41) is 10.1. The monoisotopic (exact) mass is 440 g/mol. The number of thiazole rings is 1. The fraction of sp³-hybridized carbons (Fsp3) is 0.143. The van der Waals surface area contributed by atoms with E-state index in [1.807, 2.05) is 24.4 Å². The van der Waals surface area contributed by atoms with Gasteiger partial charge >= 0.3 is 0 Å². The van der Waals surface area contributed by atoms with Crippen molar-refractivity contribution in [2.75, 3.05) is 6.54 Å². The van der Waals surface area contributed by atoms with Crippen molar-refractivity contribution in [3.05, 3.63) is 81.3 Å². The predicted octanol–water partition coefficient (Wildman–Crippen LogP) is 3.97. The van der Waals surface area contributed by atoms with Gasteiger partial charge in [0.1, 0.15) is 16.5 Å². The summed E-state index contributed by atoms with van der Waals surface area (Å²) in [4.78, 5) is 30.9. The lowest BCUT2D eigenvalue weighted by Crippen LogP contribution is -2.31. The highest BCUT2D eigenvalue weighted by Crippen LogP contribution is 2.35. The zero-order valence-corrected chi connectivity index (χ0v) is 17.6. The maximum Gasteiger partial charge on any atom is 0.266 e. The highest BCUT2D eigenvalue weighted by Gasteiger charge is 2.14. The average molecular weight is 441 g/mol. The number of nitrogens with zero attached hydrogens (tertiary/aromatic N) is 3. The Bertz CT molecular complexity index is 1230. The average Bonchev–Trinajstić information content (AvgIpc) is 3.40. The quantitative estimate of drug-likeness (QED) is 0.492. The molecule has 0 atom stereocenters.